The number of carboxylic acids is 1. The van der Waals surface area contributed by atoms with Gasteiger partial charge in [-0.2, -0.15) is 0 Å². The van der Waals surface area contributed by atoms with Gasteiger partial charge >= 0.3 is 5.97 Å². The van der Waals surface area contributed by atoms with Crippen molar-refractivity contribution in [3.63, 3.8) is 0 Å². The Balaban J connectivity index is 2.65. The molecule has 0 aliphatic carbocycles. The van der Waals surface area contributed by atoms with E-state index in [0.717, 1.165) is 5.56 Å². The van der Waals surface area contributed by atoms with Crippen LogP contribution in [0.3, 0.4) is 0 Å². The molecule has 1 aromatic carbocycles. The molecule has 0 unspecified atom stereocenters. The van der Waals surface area contributed by atoms with E-state index in [-0.39, 0.29) is 6.61 Å². The topological polar surface area (TPSA) is 46.5 Å². The predicted molar refractivity (Wildman–Crippen MR) is 61.8 cm³/mol. The van der Waals surface area contributed by atoms with E-state index in [9.17, 15) is 4.79 Å². The maximum absolute atomic E-state index is 10.3. The first-order valence-corrected chi connectivity index (χ1v) is 5.50. The summed E-state index contributed by atoms with van der Waals surface area (Å²) >= 11 is 3.24. The molecule has 0 aliphatic rings. The molecule has 0 saturated heterocycles. The molecule has 80 valence electrons. The maximum atomic E-state index is 10.3. The molecule has 0 radical (unpaired) electrons. The van der Waals surface area contributed by atoms with E-state index in [4.69, 9.17) is 9.84 Å². The maximum Gasteiger partial charge on any atom is 0.341 e. The average Bonchev–Trinajstić information content (AvgIpc) is 2.25. The van der Waals surface area contributed by atoms with Crippen LogP contribution in [-0.4, -0.2) is 23.0 Å². The predicted octanol–water partition coefficient (Wildman–Crippen LogP) is 2.52. The molecule has 1 rings (SSSR count). The van der Waals surface area contributed by atoms with Gasteiger partial charge in [0.1, 0.15) is 5.76 Å². The fourth-order valence-corrected chi connectivity index (χ4v) is 1.33. The average molecular weight is 271 g/mol. The number of carbonyl (C=O) groups is 1. The molecule has 0 heterocycles. The van der Waals surface area contributed by atoms with Crippen LogP contribution in [0, 0.1) is 0 Å². The van der Waals surface area contributed by atoms with E-state index < -0.39 is 5.97 Å². The van der Waals surface area contributed by atoms with Crippen molar-refractivity contribution in [2.24, 2.45) is 0 Å². The summed E-state index contributed by atoms with van der Waals surface area (Å²) in [5, 5.41) is 8.95. The first kappa shape index (κ1) is 11.8. The zero-order valence-corrected chi connectivity index (χ0v) is 9.61. The highest BCUT2D eigenvalue weighted by Gasteiger charge is 2.01. The summed E-state index contributed by atoms with van der Waals surface area (Å²) in [6.07, 6.45) is 1.80. The number of alkyl halides is 1. The van der Waals surface area contributed by atoms with Crippen molar-refractivity contribution in [3.8, 4) is 0 Å². The van der Waals surface area contributed by atoms with Crippen LogP contribution in [0.15, 0.2) is 36.1 Å². The monoisotopic (exact) mass is 270 g/mol. The lowest BCUT2D eigenvalue weighted by molar-refractivity contribution is -0.140. The Morgan fingerprint density at radius 2 is 2.07 bits per heavy atom. The molecular formula is C11H11BrO3. The number of ether oxygens (including phenoxy) is 1. The van der Waals surface area contributed by atoms with E-state index in [1.165, 1.54) is 0 Å². The lowest BCUT2D eigenvalue weighted by Crippen LogP contribution is -2.07. The van der Waals surface area contributed by atoms with Gasteiger partial charge in [0.25, 0.3) is 0 Å². The number of hydrogen-bond donors (Lipinski definition) is 1. The molecule has 4 heteroatoms. The summed E-state index contributed by atoms with van der Waals surface area (Å²) in [7, 11) is 0. The Kier molecular flexibility index (Phi) is 4.90. The summed E-state index contributed by atoms with van der Waals surface area (Å²) < 4.78 is 5.07. The SMILES string of the molecule is O=C(O)CO/C(=C/c1ccccc1)CBr. The number of hydrogen-bond acceptors (Lipinski definition) is 2. The van der Waals surface area contributed by atoms with Crippen LogP contribution < -0.4 is 0 Å². The molecule has 1 N–H and O–H groups in total. The molecule has 3 nitrogen and oxygen atoms in total. The molecule has 0 atom stereocenters. The Labute approximate surface area is 96.5 Å². The van der Waals surface area contributed by atoms with Gasteiger partial charge in [-0.25, -0.2) is 4.79 Å². The van der Waals surface area contributed by atoms with Crippen molar-refractivity contribution in [3.05, 3.63) is 41.7 Å². The highest BCUT2D eigenvalue weighted by molar-refractivity contribution is 9.09. The Morgan fingerprint density at radius 3 is 2.60 bits per heavy atom. The number of halogens is 1. The molecule has 0 fully saturated rings. The Hall–Kier alpha value is -1.29. The van der Waals surface area contributed by atoms with Crippen LogP contribution in [0.5, 0.6) is 0 Å². The van der Waals surface area contributed by atoms with Crippen molar-refractivity contribution in [1.29, 1.82) is 0 Å². The summed E-state index contributed by atoms with van der Waals surface area (Å²) in [5.41, 5.74) is 0.984. The van der Waals surface area contributed by atoms with Gasteiger partial charge in [-0.05, 0) is 11.6 Å². The van der Waals surface area contributed by atoms with Gasteiger partial charge in [0.15, 0.2) is 6.61 Å². The number of carboxylic acid groups (broad SMARTS) is 1. The Morgan fingerprint density at radius 1 is 1.40 bits per heavy atom. The fraction of sp³-hybridized carbons (Fsp3) is 0.182. The second kappa shape index (κ2) is 6.24. The second-order valence-electron chi connectivity index (χ2n) is 2.84. The van der Waals surface area contributed by atoms with E-state index in [0.29, 0.717) is 11.1 Å². The zero-order chi connectivity index (χ0) is 11.1. The van der Waals surface area contributed by atoms with Gasteiger partial charge < -0.3 is 9.84 Å². The highest BCUT2D eigenvalue weighted by Crippen LogP contribution is 2.09. The summed E-state index contributed by atoms with van der Waals surface area (Å²) in [6.45, 7) is -0.315. The smallest absolute Gasteiger partial charge is 0.341 e. The number of rotatable bonds is 5. The molecule has 0 spiro atoms. The van der Waals surface area contributed by atoms with E-state index in [1.807, 2.05) is 30.3 Å². The van der Waals surface area contributed by atoms with E-state index >= 15 is 0 Å². The molecule has 0 bridgehead atoms. The summed E-state index contributed by atoms with van der Waals surface area (Å²) in [6, 6.07) is 9.59. The van der Waals surface area contributed by atoms with Gasteiger partial charge in [-0.1, -0.05) is 46.3 Å². The van der Waals surface area contributed by atoms with E-state index in [2.05, 4.69) is 15.9 Å². The van der Waals surface area contributed by atoms with Crippen molar-refractivity contribution < 1.29 is 14.6 Å². The number of benzene rings is 1. The Bertz CT molecular complexity index is 346. The van der Waals surface area contributed by atoms with Crippen molar-refractivity contribution >= 4 is 28.0 Å². The van der Waals surface area contributed by atoms with Crippen LogP contribution in [0.4, 0.5) is 0 Å². The normalized spacial score (nSPS) is 11.1. The largest absolute Gasteiger partial charge is 0.485 e. The standard InChI is InChI=1S/C11H11BrO3/c12-7-10(15-8-11(13)14)6-9-4-2-1-3-5-9/h1-6H,7-8H2,(H,13,14)/b10-6+. The van der Waals surface area contributed by atoms with Crippen LogP contribution in [0.25, 0.3) is 6.08 Å². The van der Waals surface area contributed by atoms with Crippen LogP contribution in [0.2, 0.25) is 0 Å². The highest BCUT2D eigenvalue weighted by atomic mass is 79.9. The van der Waals surface area contributed by atoms with Gasteiger partial charge in [-0.15, -0.1) is 0 Å². The number of allylic oxidation sites excluding steroid dienone is 1. The molecule has 1 aromatic rings. The first-order chi connectivity index (χ1) is 7.22. The molecule has 0 aromatic heterocycles. The molecule has 0 saturated carbocycles. The van der Waals surface area contributed by atoms with Crippen LogP contribution in [-0.2, 0) is 9.53 Å². The lowest BCUT2D eigenvalue weighted by Gasteiger charge is -2.05. The third kappa shape index (κ3) is 4.65. The zero-order valence-electron chi connectivity index (χ0n) is 8.02. The second-order valence-corrected chi connectivity index (χ2v) is 3.40. The summed E-state index contributed by atoms with van der Waals surface area (Å²) in [5.74, 6) is -0.376. The first-order valence-electron chi connectivity index (χ1n) is 4.38. The molecule has 15 heavy (non-hydrogen) atoms. The summed E-state index contributed by atoms with van der Waals surface area (Å²) in [4.78, 5) is 10.3. The van der Waals surface area contributed by atoms with Crippen LogP contribution >= 0.6 is 15.9 Å². The van der Waals surface area contributed by atoms with Crippen molar-refractivity contribution in [1.82, 2.24) is 0 Å². The van der Waals surface area contributed by atoms with Crippen molar-refractivity contribution in [2.45, 2.75) is 0 Å². The van der Waals surface area contributed by atoms with Crippen molar-refractivity contribution in [2.75, 3.05) is 11.9 Å². The third-order valence-electron chi connectivity index (χ3n) is 1.64. The van der Waals surface area contributed by atoms with Crippen LogP contribution in [0.1, 0.15) is 5.56 Å². The molecule has 0 aliphatic heterocycles. The minimum atomic E-state index is -0.977. The lowest BCUT2D eigenvalue weighted by atomic mass is 10.2. The number of aliphatic carboxylic acids is 1. The third-order valence-corrected chi connectivity index (χ3v) is 2.19. The molecule has 0 amide bonds. The van der Waals surface area contributed by atoms with E-state index in [1.54, 1.807) is 6.08 Å². The minimum Gasteiger partial charge on any atom is -0.485 e. The fourth-order valence-electron chi connectivity index (χ4n) is 1.01. The van der Waals surface area contributed by atoms with Gasteiger partial charge in [-0.3, -0.25) is 0 Å². The quantitative estimate of drug-likeness (QED) is 0.661. The minimum absolute atomic E-state index is 0.315. The molecular weight excluding hydrogens is 260 g/mol. The van der Waals surface area contributed by atoms with Gasteiger partial charge in [0.2, 0.25) is 0 Å². The van der Waals surface area contributed by atoms with Gasteiger partial charge in [0.05, 0.1) is 5.33 Å². The van der Waals surface area contributed by atoms with Gasteiger partial charge in [0, 0.05) is 0 Å².